The van der Waals surface area contributed by atoms with Crippen molar-refractivity contribution in [3.63, 3.8) is 0 Å². The van der Waals surface area contributed by atoms with E-state index in [-0.39, 0.29) is 17.6 Å². The molecule has 3 aromatic rings. The van der Waals surface area contributed by atoms with Crippen molar-refractivity contribution in [2.75, 3.05) is 25.4 Å². The molecule has 0 spiro atoms. The van der Waals surface area contributed by atoms with Crippen LogP contribution in [0.15, 0.2) is 36.4 Å². The van der Waals surface area contributed by atoms with E-state index >= 15 is 0 Å². The van der Waals surface area contributed by atoms with Crippen LogP contribution in [-0.2, 0) is 0 Å². The summed E-state index contributed by atoms with van der Waals surface area (Å²) < 4.78 is 19.0. The number of rotatable bonds is 5. The molecule has 0 radical (unpaired) electrons. The number of halogens is 1. The number of nitrogens with two attached hydrogens (primary N) is 1. The molecule has 0 bridgehead atoms. The molecule has 152 valence electrons. The number of nitrogens with zero attached hydrogens (tertiary/aromatic N) is 2. The molecule has 6 nitrogen and oxygen atoms in total. The van der Waals surface area contributed by atoms with Crippen LogP contribution in [0.25, 0.3) is 11.0 Å². The molecular weight excluding hydrogens is 371 g/mol. The van der Waals surface area contributed by atoms with E-state index in [9.17, 15) is 9.18 Å². The first-order chi connectivity index (χ1) is 14.0. The van der Waals surface area contributed by atoms with Crippen molar-refractivity contribution in [3.8, 4) is 5.75 Å². The van der Waals surface area contributed by atoms with Gasteiger partial charge in [-0.25, -0.2) is 9.37 Å². The number of amides is 1. The Morgan fingerprint density at radius 1 is 1.28 bits per heavy atom. The highest BCUT2D eigenvalue weighted by molar-refractivity contribution is 5.95. The summed E-state index contributed by atoms with van der Waals surface area (Å²) >= 11 is 0. The fraction of sp³-hybridized carbons (Fsp3) is 0.364. The summed E-state index contributed by atoms with van der Waals surface area (Å²) in [5.41, 5.74) is 8.57. The minimum absolute atomic E-state index is 0.0242. The van der Waals surface area contributed by atoms with Crippen molar-refractivity contribution in [1.82, 2.24) is 14.9 Å². The van der Waals surface area contributed by atoms with Gasteiger partial charge in [0.25, 0.3) is 5.91 Å². The second kappa shape index (κ2) is 8.11. The molecule has 1 fully saturated rings. The number of hydrogen-bond acceptors (Lipinski definition) is 4. The van der Waals surface area contributed by atoms with Crippen molar-refractivity contribution in [2.24, 2.45) is 0 Å². The zero-order chi connectivity index (χ0) is 20.4. The van der Waals surface area contributed by atoms with Crippen LogP contribution in [0.5, 0.6) is 5.75 Å². The van der Waals surface area contributed by atoms with E-state index in [1.165, 1.54) is 12.1 Å². The lowest BCUT2D eigenvalue weighted by molar-refractivity contribution is 0.0711. The largest absolute Gasteiger partial charge is 0.491 e. The fourth-order valence-electron chi connectivity index (χ4n) is 3.76. The SMILES string of the molecule is CCCOc1ccc(C(=O)N2CCC(c3nc4ccc(F)cc4[nH]3)CC2)cc1N. The molecule has 7 heteroatoms. The number of anilines is 1. The van der Waals surface area contributed by atoms with Gasteiger partial charge in [0.1, 0.15) is 17.4 Å². The van der Waals surface area contributed by atoms with Crippen LogP contribution >= 0.6 is 0 Å². The smallest absolute Gasteiger partial charge is 0.253 e. The van der Waals surface area contributed by atoms with E-state index in [2.05, 4.69) is 9.97 Å². The van der Waals surface area contributed by atoms with Gasteiger partial charge < -0.3 is 20.4 Å². The van der Waals surface area contributed by atoms with Crippen LogP contribution in [0.3, 0.4) is 0 Å². The number of fused-ring (bicyclic) bond motifs is 1. The predicted octanol–water partition coefficient (Wildman–Crippen LogP) is 4.09. The molecule has 4 rings (SSSR count). The summed E-state index contributed by atoms with van der Waals surface area (Å²) in [5, 5.41) is 0. The minimum Gasteiger partial charge on any atom is -0.491 e. The Morgan fingerprint density at radius 3 is 2.79 bits per heavy atom. The van der Waals surface area contributed by atoms with Crippen LogP contribution in [0.2, 0.25) is 0 Å². The monoisotopic (exact) mass is 396 g/mol. The van der Waals surface area contributed by atoms with Gasteiger partial charge in [-0.2, -0.15) is 0 Å². The second-order valence-corrected chi connectivity index (χ2v) is 7.45. The molecule has 0 atom stereocenters. The van der Waals surface area contributed by atoms with Crippen LogP contribution in [0.4, 0.5) is 10.1 Å². The third-order valence-electron chi connectivity index (χ3n) is 5.35. The van der Waals surface area contributed by atoms with Gasteiger partial charge in [0, 0.05) is 24.6 Å². The van der Waals surface area contributed by atoms with E-state index in [0.717, 1.165) is 30.6 Å². The van der Waals surface area contributed by atoms with Gasteiger partial charge in [-0.05, 0) is 55.7 Å². The molecule has 1 aliphatic rings. The van der Waals surface area contributed by atoms with Crippen molar-refractivity contribution in [2.45, 2.75) is 32.1 Å². The number of benzene rings is 2. The van der Waals surface area contributed by atoms with Gasteiger partial charge in [-0.15, -0.1) is 0 Å². The van der Waals surface area contributed by atoms with Gasteiger partial charge >= 0.3 is 0 Å². The third kappa shape index (κ3) is 4.04. The lowest BCUT2D eigenvalue weighted by atomic mass is 9.95. The summed E-state index contributed by atoms with van der Waals surface area (Å²) in [7, 11) is 0. The van der Waals surface area contributed by atoms with Gasteiger partial charge in [0.05, 0.1) is 23.3 Å². The first-order valence-electron chi connectivity index (χ1n) is 10.0. The number of piperidine rings is 1. The van der Waals surface area contributed by atoms with E-state index in [1.54, 1.807) is 24.3 Å². The van der Waals surface area contributed by atoms with Crippen LogP contribution in [0, 0.1) is 5.82 Å². The van der Waals surface area contributed by atoms with Gasteiger partial charge in [-0.3, -0.25) is 4.79 Å². The van der Waals surface area contributed by atoms with Crippen molar-refractivity contribution in [1.29, 1.82) is 0 Å². The third-order valence-corrected chi connectivity index (χ3v) is 5.35. The Hall–Kier alpha value is -3.09. The second-order valence-electron chi connectivity index (χ2n) is 7.45. The quantitative estimate of drug-likeness (QED) is 0.636. The molecule has 2 heterocycles. The Labute approximate surface area is 168 Å². The van der Waals surface area contributed by atoms with Gasteiger partial charge in [0.2, 0.25) is 0 Å². The number of aromatic nitrogens is 2. The normalized spacial score (nSPS) is 15.0. The average molecular weight is 396 g/mol. The lowest BCUT2D eigenvalue weighted by Gasteiger charge is -2.31. The lowest BCUT2D eigenvalue weighted by Crippen LogP contribution is -2.38. The number of carbonyl (C=O) groups excluding carboxylic acids is 1. The molecular formula is C22H25FN4O2. The highest BCUT2D eigenvalue weighted by Crippen LogP contribution is 2.29. The minimum atomic E-state index is -0.279. The molecule has 0 unspecified atom stereocenters. The van der Waals surface area contributed by atoms with Crippen LogP contribution < -0.4 is 10.5 Å². The van der Waals surface area contributed by atoms with Crippen molar-refractivity contribution in [3.05, 3.63) is 53.6 Å². The van der Waals surface area contributed by atoms with Crippen molar-refractivity contribution < 1.29 is 13.9 Å². The molecule has 1 aliphatic heterocycles. The first kappa shape index (κ1) is 19.2. The Morgan fingerprint density at radius 2 is 2.07 bits per heavy atom. The van der Waals surface area contributed by atoms with Gasteiger partial charge in [0.15, 0.2) is 0 Å². The highest BCUT2D eigenvalue weighted by atomic mass is 19.1. The van der Waals surface area contributed by atoms with E-state index in [4.69, 9.17) is 10.5 Å². The number of likely N-dealkylation sites (tertiary alicyclic amines) is 1. The number of nitrogens with one attached hydrogen (secondary N) is 1. The number of imidazole rings is 1. The molecule has 3 N–H and O–H groups in total. The topological polar surface area (TPSA) is 84.2 Å². The molecule has 1 amide bonds. The summed E-state index contributed by atoms with van der Waals surface area (Å²) in [6, 6.07) is 9.78. The Bertz CT molecular complexity index is 1020. The van der Waals surface area contributed by atoms with Crippen molar-refractivity contribution >= 4 is 22.6 Å². The number of ether oxygens (including phenoxy) is 1. The first-order valence-corrected chi connectivity index (χ1v) is 10.0. The predicted molar refractivity (Wildman–Crippen MR) is 111 cm³/mol. The molecule has 0 aliphatic carbocycles. The summed E-state index contributed by atoms with van der Waals surface area (Å²) in [4.78, 5) is 22.5. The van der Waals surface area contributed by atoms with E-state index in [0.29, 0.717) is 42.2 Å². The Kier molecular flexibility index (Phi) is 5.38. The van der Waals surface area contributed by atoms with Gasteiger partial charge in [-0.1, -0.05) is 6.92 Å². The number of H-pyrrole nitrogens is 1. The summed E-state index contributed by atoms with van der Waals surface area (Å²) in [6.45, 7) is 3.91. The van der Waals surface area contributed by atoms with E-state index < -0.39 is 0 Å². The number of aromatic amines is 1. The fourth-order valence-corrected chi connectivity index (χ4v) is 3.76. The standard InChI is InChI=1S/C22H25FN4O2/c1-2-11-29-20-6-3-15(12-17(20)24)22(28)27-9-7-14(8-10-27)21-25-18-5-4-16(23)13-19(18)26-21/h3-6,12-14H,2,7-11,24H2,1H3,(H,25,26). The Balaban J connectivity index is 1.41. The average Bonchev–Trinajstić information content (AvgIpc) is 3.15. The highest BCUT2D eigenvalue weighted by Gasteiger charge is 2.26. The summed E-state index contributed by atoms with van der Waals surface area (Å²) in [6.07, 6.45) is 2.51. The molecule has 1 saturated heterocycles. The maximum atomic E-state index is 13.4. The number of nitrogen functional groups attached to an aromatic ring is 1. The maximum absolute atomic E-state index is 13.4. The molecule has 29 heavy (non-hydrogen) atoms. The molecule has 1 aromatic heterocycles. The van der Waals surface area contributed by atoms with E-state index in [1.807, 2.05) is 11.8 Å². The maximum Gasteiger partial charge on any atom is 0.253 e. The zero-order valence-electron chi connectivity index (χ0n) is 16.5. The van der Waals surface area contributed by atoms with Crippen LogP contribution in [-0.4, -0.2) is 40.5 Å². The number of carbonyl (C=O) groups is 1. The molecule has 0 saturated carbocycles. The zero-order valence-corrected chi connectivity index (χ0v) is 16.5. The number of hydrogen-bond donors (Lipinski definition) is 2. The van der Waals surface area contributed by atoms with Crippen LogP contribution in [0.1, 0.15) is 48.3 Å². The summed E-state index contributed by atoms with van der Waals surface area (Å²) in [5.74, 6) is 1.40. The molecule has 2 aromatic carbocycles.